The van der Waals surface area contributed by atoms with Gasteiger partial charge in [-0.05, 0) is 50.9 Å². The van der Waals surface area contributed by atoms with E-state index in [1.807, 2.05) is 0 Å². The number of nitrogens with one attached hydrogen (secondary N) is 1. The summed E-state index contributed by atoms with van der Waals surface area (Å²) in [7, 11) is 0. The van der Waals surface area contributed by atoms with Crippen molar-refractivity contribution in [2.75, 3.05) is 6.54 Å². The van der Waals surface area contributed by atoms with Gasteiger partial charge in [0.2, 0.25) is 0 Å². The van der Waals surface area contributed by atoms with E-state index in [4.69, 9.17) is 4.98 Å². The molecule has 0 aliphatic carbocycles. The second-order valence-electron chi connectivity index (χ2n) is 4.86. The number of nitrogens with zero attached hydrogens (tertiary/aromatic N) is 2. The zero-order valence-corrected chi connectivity index (χ0v) is 10.5. The molecule has 0 saturated carbocycles. The van der Waals surface area contributed by atoms with E-state index in [0.717, 1.165) is 18.6 Å². The molecule has 1 aliphatic rings. The average molecular weight is 229 g/mol. The maximum atomic E-state index is 4.83. The highest BCUT2D eigenvalue weighted by Crippen LogP contribution is 2.26. The summed E-state index contributed by atoms with van der Waals surface area (Å²) in [5.41, 5.74) is 3.68. The Labute approximate surface area is 102 Å². The molecule has 3 heteroatoms. The molecule has 3 nitrogen and oxygen atoms in total. The Morgan fingerprint density at radius 3 is 3.06 bits per heavy atom. The number of fused-ring (bicyclic) bond motifs is 1. The summed E-state index contributed by atoms with van der Waals surface area (Å²) >= 11 is 0. The third-order valence-electron chi connectivity index (χ3n) is 3.62. The first-order valence-electron chi connectivity index (χ1n) is 6.49. The quantitative estimate of drug-likeness (QED) is 0.858. The smallest absolute Gasteiger partial charge is 0.127 e. The highest BCUT2D eigenvalue weighted by Gasteiger charge is 2.22. The molecular formula is C14H19N3. The van der Waals surface area contributed by atoms with Gasteiger partial charge in [-0.1, -0.05) is 6.07 Å². The van der Waals surface area contributed by atoms with Crippen LogP contribution in [0, 0.1) is 6.92 Å². The van der Waals surface area contributed by atoms with Gasteiger partial charge in [0.05, 0.1) is 17.1 Å². The lowest BCUT2D eigenvalue weighted by Gasteiger charge is -2.12. The predicted octanol–water partition coefficient (Wildman–Crippen LogP) is 2.79. The lowest BCUT2D eigenvalue weighted by Crippen LogP contribution is -2.17. The Hall–Kier alpha value is -1.35. The lowest BCUT2D eigenvalue weighted by atomic mass is 10.2. The SMILES string of the molecule is CCn1c(C2CCCN2)nc2cc(C)ccc21. The van der Waals surface area contributed by atoms with Crippen molar-refractivity contribution in [3.05, 3.63) is 29.6 Å². The zero-order chi connectivity index (χ0) is 11.8. The Morgan fingerprint density at radius 2 is 2.35 bits per heavy atom. The molecule has 1 aromatic carbocycles. The molecular weight excluding hydrogens is 210 g/mol. The first kappa shape index (κ1) is 10.8. The Balaban J connectivity index is 2.16. The molecule has 0 bridgehead atoms. The fourth-order valence-electron chi connectivity index (χ4n) is 2.76. The third-order valence-corrected chi connectivity index (χ3v) is 3.62. The van der Waals surface area contributed by atoms with Crippen molar-refractivity contribution >= 4 is 11.0 Å². The van der Waals surface area contributed by atoms with E-state index in [1.165, 1.54) is 29.7 Å². The second-order valence-corrected chi connectivity index (χ2v) is 4.86. The van der Waals surface area contributed by atoms with Gasteiger partial charge >= 0.3 is 0 Å². The monoisotopic (exact) mass is 229 g/mol. The van der Waals surface area contributed by atoms with Gasteiger partial charge in [-0.25, -0.2) is 4.98 Å². The molecule has 1 fully saturated rings. The van der Waals surface area contributed by atoms with E-state index in [2.05, 4.69) is 41.9 Å². The largest absolute Gasteiger partial charge is 0.327 e. The van der Waals surface area contributed by atoms with Crippen LogP contribution in [0.1, 0.15) is 37.2 Å². The van der Waals surface area contributed by atoms with Gasteiger partial charge in [0.15, 0.2) is 0 Å². The molecule has 2 aromatic rings. The van der Waals surface area contributed by atoms with E-state index in [0.29, 0.717) is 6.04 Å². The Kier molecular flexibility index (Phi) is 2.63. The van der Waals surface area contributed by atoms with Gasteiger partial charge in [0, 0.05) is 6.54 Å². The first-order valence-corrected chi connectivity index (χ1v) is 6.49. The molecule has 0 amide bonds. The van der Waals surface area contributed by atoms with E-state index in [1.54, 1.807) is 0 Å². The van der Waals surface area contributed by atoms with Crippen molar-refractivity contribution in [3.8, 4) is 0 Å². The molecule has 1 aliphatic heterocycles. The number of aryl methyl sites for hydroxylation is 2. The standard InChI is InChI=1S/C14H19N3/c1-3-17-13-7-6-10(2)9-12(13)16-14(17)11-5-4-8-15-11/h6-7,9,11,15H,3-5,8H2,1-2H3. The lowest BCUT2D eigenvalue weighted by molar-refractivity contribution is 0.565. The maximum Gasteiger partial charge on any atom is 0.127 e. The van der Waals surface area contributed by atoms with Crippen molar-refractivity contribution in [1.82, 2.24) is 14.9 Å². The number of hydrogen-bond acceptors (Lipinski definition) is 2. The van der Waals surface area contributed by atoms with Crippen LogP contribution >= 0.6 is 0 Å². The van der Waals surface area contributed by atoms with Crippen LogP contribution in [0.15, 0.2) is 18.2 Å². The summed E-state index contributed by atoms with van der Waals surface area (Å²) in [5.74, 6) is 1.21. The summed E-state index contributed by atoms with van der Waals surface area (Å²) in [6.45, 7) is 6.43. The normalized spacial score (nSPS) is 20.2. The van der Waals surface area contributed by atoms with Crippen LogP contribution in [0.4, 0.5) is 0 Å². The number of aromatic nitrogens is 2. The van der Waals surface area contributed by atoms with Crippen LogP contribution in [-0.4, -0.2) is 16.1 Å². The molecule has 1 aromatic heterocycles. The van der Waals surface area contributed by atoms with Crippen LogP contribution in [0.25, 0.3) is 11.0 Å². The van der Waals surface area contributed by atoms with Crippen LogP contribution in [0.5, 0.6) is 0 Å². The summed E-state index contributed by atoms with van der Waals surface area (Å²) in [4.78, 5) is 4.83. The van der Waals surface area contributed by atoms with Crippen molar-refractivity contribution < 1.29 is 0 Å². The number of benzene rings is 1. The van der Waals surface area contributed by atoms with Crippen molar-refractivity contribution in [3.63, 3.8) is 0 Å². The molecule has 1 atom stereocenters. The molecule has 17 heavy (non-hydrogen) atoms. The molecule has 3 rings (SSSR count). The average Bonchev–Trinajstić information content (AvgIpc) is 2.94. The van der Waals surface area contributed by atoms with Crippen molar-refractivity contribution in [2.45, 2.75) is 39.3 Å². The zero-order valence-electron chi connectivity index (χ0n) is 10.5. The van der Waals surface area contributed by atoms with Gasteiger partial charge in [0.1, 0.15) is 5.82 Å². The number of rotatable bonds is 2. The number of imidazole rings is 1. The molecule has 2 heterocycles. The second kappa shape index (κ2) is 4.15. The van der Waals surface area contributed by atoms with Crippen LogP contribution < -0.4 is 5.32 Å². The minimum atomic E-state index is 0.447. The van der Waals surface area contributed by atoms with Gasteiger partial charge in [-0.15, -0.1) is 0 Å². The van der Waals surface area contributed by atoms with E-state index in [-0.39, 0.29) is 0 Å². The van der Waals surface area contributed by atoms with E-state index < -0.39 is 0 Å². The minimum Gasteiger partial charge on any atom is -0.327 e. The van der Waals surface area contributed by atoms with Gasteiger partial charge in [-0.3, -0.25) is 0 Å². The maximum absolute atomic E-state index is 4.83. The summed E-state index contributed by atoms with van der Waals surface area (Å²) in [6, 6.07) is 6.99. The van der Waals surface area contributed by atoms with Crippen LogP contribution in [0.2, 0.25) is 0 Å². The molecule has 0 spiro atoms. The Bertz CT molecular complexity index is 536. The molecule has 1 N–H and O–H groups in total. The fourth-order valence-corrected chi connectivity index (χ4v) is 2.76. The number of hydrogen-bond donors (Lipinski definition) is 1. The van der Waals surface area contributed by atoms with Gasteiger partial charge < -0.3 is 9.88 Å². The van der Waals surface area contributed by atoms with Crippen molar-refractivity contribution in [2.24, 2.45) is 0 Å². The van der Waals surface area contributed by atoms with Gasteiger partial charge in [0.25, 0.3) is 0 Å². The fraction of sp³-hybridized carbons (Fsp3) is 0.500. The van der Waals surface area contributed by atoms with Crippen LogP contribution in [0.3, 0.4) is 0 Å². The summed E-state index contributed by atoms with van der Waals surface area (Å²) in [6.07, 6.45) is 2.47. The first-order chi connectivity index (χ1) is 8.29. The van der Waals surface area contributed by atoms with Crippen LogP contribution in [-0.2, 0) is 6.54 Å². The van der Waals surface area contributed by atoms with E-state index >= 15 is 0 Å². The predicted molar refractivity (Wildman–Crippen MR) is 70.1 cm³/mol. The molecule has 0 radical (unpaired) electrons. The van der Waals surface area contributed by atoms with Gasteiger partial charge in [-0.2, -0.15) is 0 Å². The topological polar surface area (TPSA) is 29.9 Å². The molecule has 90 valence electrons. The molecule has 1 unspecified atom stereocenters. The molecule has 1 saturated heterocycles. The highest BCUT2D eigenvalue weighted by molar-refractivity contribution is 5.77. The third kappa shape index (κ3) is 1.75. The minimum absolute atomic E-state index is 0.447. The summed E-state index contributed by atoms with van der Waals surface area (Å²) < 4.78 is 2.34. The highest BCUT2D eigenvalue weighted by atomic mass is 15.1. The summed E-state index contributed by atoms with van der Waals surface area (Å²) in [5, 5.41) is 3.54. The van der Waals surface area contributed by atoms with Crippen molar-refractivity contribution in [1.29, 1.82) is 0 Å². The Morgan fingerprint density at radius 1 is 1.47 bits per heavy atom. The van der Waals surface area contributed by atoms with E-state index in [9.17, 15) is 0 Å².